The average molecular weight is 197 g/mol. The molecular weight excluding hydrogens is 178 g/mol. The van der Waals surface area contributed by atoms with Crippen LogP contribution in [0.1, 0.15) is 32.1 Å². The maximum Gasteiger partial charge on any atom is 0.237 e. The van der Waals surface area contributed by atoms with Crippen molar-refractivity contribution in [2.75, 3.05) is 6.54 Å². The van der Waals surface area contributed by atoms with Crippen LogP contribution in [0.4, 0.5) is 0 Å². The second-order valence-corrected chi connectivity index (χ2v) is 4.42. The summed E-state index contributed by atoms with van der Waals surface area (Å²) in [5, 5.41) is 6.24. The van der Waals surface area contributed by atoms with Gasteiger partial charge in [0.1, 0.15) is 0 Å². The van der Waals surface area contributed by atoms with E-state index in [0.29, 0.717) is 12.1 Å². The molecule has 14 heavy (non-hydrogen) atoms. The molecule has 4 N–H and O–H groups in total. The molecule has 2 rings (SSSR count). The molecule has 0 spiro atoms. The van der Waals surface area contributed by atoms with Gasteiger partial charge in [0, 0.05) is 18.6 Å². The van der Waals surface area contributed by atoms with Crippen LogP contribution in [0, 0.1) is 0 Å². The van der Waals surface area contributed by atoms with Gasteiger partial charge in [-0.2, -0.15) is 0 Å². The topological polar surface area (TPSA) is 67.2 Å². The molecule has 0 radical (unpaired) electrons. The standard InChI is InChI=1S/C10H19N3O/c11-7-2-1-3-8(6-7)13-9-4-5-12-10(9)14/h7-9,13H,1-6,11H2,(H,12,14). The quantitative estimate of drug-likeness (QED) is 0.571. The van der Waals surface area contributed by atoms with Gasteiger partial charge in [0.15, 0.2) is 0 Å². The third-order valence-corrected chi connectivity index (χ3v) is 3.20. The van der Waals surface area contributed by atoms with Crippen LogP contribution in [-0.4, -0.2) is 30.6 Å². The summed E-state index contributed by atoms with van der Waals surface area (Å²) in [6.45, 7) is 0.815. The van der Waals surface area contributed by atoms with Crippen molar-refractivity contribution in [3.8, 4) is 0 Å². The molecule has 1 saturated heterocycles. The fraction of sp³-hybridized carbons (Fsp3) is 0.900. The fourth-order valence-corrected chi connectivity index (χ4v) is 2.42. The van der Waals surface area contributed by atoms with E-state index >= 15 is 0 Å². The highest BCUT2D eigenvalue weighted by Crippen LogP contribution is 2.18. The van der Waals surface area contributed by atoms with Crippen molar-refractivity contribution in [1.82, 2.24) is 10.6 Å². The molecule has 1 amide bonds. The largest absolute Gasteiger partial charge is 0.355 e. The fourth-order valence-electron chi connectivity index (χ4n) is 2.42. The van der Waals surface area contributed by atoms with E-state index in [1.54, 1.807) is 0 Å². The number of amides is 1. The predicted molar refractivity (Wildman–Crippen MR) is 54.8 cm³/mol. The minimum absolute atomic E-state index is 0.0327. The molecule has 0 aromatic carbocycles. The van der Waals surface area contributed by atoms with Gasteiger partial charge in [0.25, 0.3) is 0 Å². The van der Waals surface area contributed by atoms with Crippen molar-refractivity contribution in [2.45, 2.75) is 50.2 Å². The summed E-state index contributed by atoms with van der Waals surface area (Å²) >= 11 is 0. The summed E-state index contributed by atoms with van der Waals surface area (Å²) in [6.07, 6.45) is 5.42. The van der Waals surface area contributed by atoms with Crippen LogP contribution in [0.5, 0.6) is 0 Å². The molecule has 3 unspecified atom stereocenters. The Morgan fingerprint density at radius 3 is 2.86 bits per heavy atom. The molecule has 3 atom stereocenters. The Kier molecular flexibility index (Phi) is 3.03. The monoisotopic (exact) mass is 197 g/mol. The number of hydrogen-bond donors (Lipinski definition) is 3. The normalized spacial score (nSPS) is 38.4. The van der Waals surface area contributed by atoms with Gasteiger partial charge >= 0.3 is 0 Å². The van der Waals surface area contributed by atoms with E-state index in [2.05, 4.69) is 10.6 Å². The zero-order chi connectivity index (χ0) is 9.97. The van der Waals surface area contributed by atoms with Crippen LogP contribution < -0.4 is 16.4 Å². The first-order chi connectivity index (χ1) is 6.75. The highest BCUT2D eigenvalue weighted by molar-refractivity contribution is 5.83. The summed E-state index contributed by atoms with van der Waals surface area (Å²) in [5.74, 6) is 0.157. The molecule has 0 bridgehead atoms. The maximum absolute atomic E-state index is 11.3. The van der Waals surface area contributed by atoms with Gasteiger partial charge in [-0.3, -0.25) is 4.79 Å². The van der Waals surface area contributed by atoms with Gasteiger partial charge in [-0.15, -0.1) is 0 Å². The summed E-state index contributed by atoms with van der Waals surface area (Å²) in [5.41, 5.74) is 5.89. The molecule has 1 saturated carbocycles. The van der Waals surface area contributed by atoms with E-state index < -0.39 is 0 Å². The summed E-state index contributed by atoms with van der Waals surface area (Å²) in [6, 6.07) is 0.809. The summed E-state index contributed by atoms with van der Waals surface area (Å²) in [7, 11) is 0. The zero-order valence-electron chi connectivity index (χ0n) is 8.46. The van der Waals surface area contributed by atoms with Gasteiger partial charge in [0.2, 0.25) is 5.91 Å². The van der Waals surface area contributed by atoms with Crippen LogP contribution >= 0.6 is 0 Å². The van der Waals surface area contributed by atoms with Crippen molar-refractivity contribution in [3.05, 3.63) is 0 Å². The Morgan fingerprint density at radius 1 is 1.36 bits per heavy atom. The summed E-state index contributed by atoms with van der Waals surface area (Å²) in [4.78, 5) is 11.3. The Labute approximate surface area is 84.6 Å². The van der Waals surface area contributed by atoms with Crippen LogP contribution in [0.15, 0.2) is 0 Å². The minimum atomic E-state index is 0.0327. The minimum Gasteiger partial charge on any atom is -0.355 e. The van der Waals surface area contributed by atoms with Gasteiger partial charge < -0.3 is 16.4 Å². The molecule has 1 aliphatic heterocycles. The highest BCUT2D eigenvalue weighted by atomic mass is 16.2. The molecule has 1 heterocycles. The van der Waals surface area contributed by atoms with E-state index in [0.717, 1.165) is 32.2 Å². The van der Waals surface area contributed by atoms with Crippen molar-refractivity contribution < 1.29 is 4.79 Å². The first-order valence-corrected chi connectivity index (χ1v) is 5.55. The number of nitrogens with two attached hydrogens (primary N) is 1. The van der Waals surface area contributed by atoms with E-state index in [1.807, 2.05) is 0 Å². The lowest BCUT2D eigenvalue weighted by atomic mass is 9.91. The number of nitrogens with one attached hydrogen (secondary N) is 2. The molecule has 2 fully saturated rings. The smallest absolute Gasteiger partial charge is 0.237 e. The Bertz CT molecular complexity index is 219. The number of rotatable bonds is 2. The van der Waals surface area contributed by atoms with Crippen molar-refractivity contribution in [3.63, 3.8) is 0 Å². The molecule has 0 aromatic rings. The van der Waals surface area contributed by atoms with E-state index in [-0.39, 0.29) is 11.9 Å². The Hall–Kier alpha value is -0.610. The third-order valence-electron chi connectivity index (χ3n) is 3.20. The Balaban J connectivity index is 1.81. The first-order valence-electron chi connectivity index (χ1n) is 5.55. The highest BCUT2D eigenvalue weighted by Gasteiger charge is 2.28. The lowest BCUT2D eigenvalue weighted by Gasteiger charge is -2.29. The van der Waals surface area contributed by atoms with Crippen LogP contribution in [0.2, 0.25) is 0 Å². The predicted octanol–water partition coefficient (Wildman–Crippen LogP) is -0.266. The lowest BCUT2D eigenvalue weighted by molar-refractivity contribution is -0.121. The Morgan fingerprint density at radius 2 is 2.21 bits per heavy atom. The molecule has 4 nitrogen and oxygen atoms in total. The van der Waals surface area contributed by atoms with Crippen LogP contribution in [-0.2, 0) is 4.79 Å². The molecule has 1 aliphatic carbocycles. The second kappa shape index (κ2) is 4.28. The second-order valence-electron chi connectivity index (χ2n) is 4.42. The molecular formula is C10H19N3O. The number of carbonyl (C=O) groups excluding carboxylic acids is 1. The van der Waals surface area contributed by atoms with Gasteiger partial charge in [-0.05, 0) is 25.7 Å². The van der Waals surface area contributed by atoms with Crippen LogP contribution in [0.3, 0.4) is 0 Å². The molecule has 2 aliphatic rings. The average Bonchev–Trinajstić information content (AvgIpc) is 2.52. The van der Waals surface area contributed by atoms with Crippen molar-refractivity contribution in [1.29, 1.82) is 0 Å². The lowest BCUT2D eigenvalue weighted by Crippen LogP contribution is -2.46. The molecule has 4 heteroatoms. The molecule has 80 valence electrons. The van der Waals surface area contributed by atoms with Gasteiger partial charge in [0.05, 0.1) is 6.04 Å². The van der Waals surface area contributed by atoms with Crippen LogP contribution in [0.25, 0.3) is 0 Å². The van der Waals surface area contributed by atoms with E-state index in [1.165, 1.54) is 6.42 Å². The summed E-state index contributed by atoms with van der Waals surface area (Å²) < 4.78 is 0. The van der Waals surface area contributed by atoms with Gasteiger partial charge in [-0.1, -0.05) is 6.42 Å². The number of hydrogen-bond acceptors (Lipinski definition) is 3. The first kappa shape index (κ1) is 9.93. The van der Waals surface area contributed by atoms with Crippen molar-refractivity contribution in [2.24, 2.45) is 5.73 Å². The third kappa shape index (κ3) is 2.25. The zero-order valence-corrected chi connectivity index (χ0v) is 8.46. The van der Waals surface area contributed by atoms with Gasteiger partial charge in [-0.25, -0.2) is 0 Å². The van der Waals surface area contributed by atoms with Crippen molar-refractivity contribution >= 4 is 5.91 Å². The molecule has 0 aromatic heterocycles. The van der Waals surface area contributed by atoms with E-state index in [4.69, 9.17) is 5.73 Å². The van der Waals surface area contributed by atoms with E-state index in [9.17, 15) is 4.79 Å². The number of carbonyl (C=O) groups is 1. The SMILES string of the molecule is NC1CCCC(NC2CCNC2=O)C1. The maximum atomic E-state index is 11.3.